The maximum absolute atomic E-state index is 13.0. The first-order valence-electron chi connectivity index (χ1n) is 10.9. The molecule has 0 aromatic carbocycles. The van der Waals surface area contributed by atoms with E-state index < -0.39 is 27.2 Å². The van der Waals surface area contributed by atoms with Gasteiger partial charge in [-0.15, -0.1) is 0 Å². The van der Waals surface area contributed by atoms with Crippen LogP contribution in [0.4, 0.5) is 0 Å². The lowest BCUT2D eigenvalue weighted by Gasteiger charge is -2.30. The largest absolute Gasteiger partial charge is 0.337 e. The average molecular weight is 414 g/mol. The highest BCUT2D eigenvalue weighted by molar-refractivity contribution is 7.90. The predicted molar refractivity (Wildman–Crippen MR) is 108 cm³/mol. The molecule has 0 aliphatic carbocycles. The van der Waals surface area contributed by atoms with E-state index in [0.29, 0.717) is 25.8 Å². The van der Waals surface area contributed by atoms with Gasteiger partial charge in [0, 0.05) is 19.5 Å². The van der Waals surface area contributed by atoms with Crippen molar-refractivity contribution in [2.75, 3.05) is 26.2 Å². The Morgan fingerprint density at radius 1 is 1.14 bits per heavy atom. The Hall–Kier alpha value is -1.15. The van der Waals surface area contributed by atoms with Gasteiger partial charge in [-0.25, -0.2) is 12.7 Å². The van der Waals surface area contributed by atoms with Gasteiger partial charge in [0.05, 0.1) is 23.3 Å². The Labute approximate surface area is 169 Å². The van der Waals surface area contributed by atoms with Gasteiger partial charge >= 0.3 is 0 Å². The molecule has 0 aromatic rings. The van der Waals surface area contributed by atoms with Gasteiger partial charge in [-0.2, -0.15) is 0 Å². The van der Waals surface area contributed by atoms with Gasteiger partial charge in [0.25, 0.3) is 0 Å². The second kappa shape index (κ2) is 8.69. The molecule has 0 radical (unpaired) electrons. The zero-order valence-electron chi connectivity index (χ0n) is 17.5. The van der Waals surface area contributed by atoms with Gasteiger partial charge in [0.1, 0.15) is 0 Å². The van der Waals surface area contributed by atoms with Crippen LogP contribution in [0.25, 0.3) is 0 Å². The van der Waals surface area contributed by atoms with E-state index in [0.717, 1.165) is 30.4 Å². The number of sulfonamides is 1. The number of carbonyl (C=O) groups excluding carboxylic acids is 2. The molecular formula is C20H35N3O4S. The Balaban J connectivity index is 1.75. The van der Waals surface area contributed by atoms with Gasteiger partial charge in [0.2, 0.25) is 21.8 Å². The molecule has 7 nitrogen and oxygen atoms in total. The maximum atomic E-state index is 13.0. The molecule has 28 heavy (non-hydrogen) atoms. The molecule has 3 aliphatic heterocycles. The average Bonchev–Trinajstić information content (AvgIpc) is 3.19. The van der Waals surface area contributed by atoms with Crippen molar-refractivity contribution >= 4 is 21.8 Å². The topological polar surface area (TPSA) is 78.0 Å². The molecule has 0 unspecified atom stereocenters. The fourth-order valence-electron chi connectivity index (χ4n) is 5.03. The van der Waals surface area contributed by atoms with E-state index in [2.05, 4.69) is 4.90 Å². The Morgan fingerprint density at radius 3 is 2.43 bits per heavy atom. The lowest BCUT2D eigenvalue weighted by atomic mass is 9.94. The highest BCUT2D eigenvalue weighted by Gasteiger charge is 2.58. The molecule has 3 fully saturated rings. The molecule has 3 atom stereocenters. The van der Waals surface area contributed by atoms with Crippen LogP contribution in [0.1, 0.15) is 65.7 Å². The van der Waals surface area contributed by atoms with Gasteiger partial charge in [-0.1, -0.05) is 19.8 Å². The third kappa shape index (κ3) is 3.95. The summed E-state index contributed by atoms with van der Waals surface area (Å²) in [4.78, 5) is 30.2. The summed E-state index contributed by atoms with van der Waals surface area (Å²) in [6, 6.07) is -0.690. The summed E-state index contributed by atoms with van der Waals surface area (Å²) in [7, 11) is -3.67. The minimum Gasteiger partial charge on any atom is -0.337 e. The van der Waals surface area contributed by atoms with Crippen molar-refractivity contribution in [3.63, 3.8) is 0 Å². The van der Waals surface area contributed by atoms with Gasteiger partial charge < -0.3 is 9.80 Å². The van der Waals surface area contributed by atoms with E-state index in [1.165, 1.54) is 19.3 Å². The number of carbonyl (C=O) groups is 2. The Bertz CT molecular complexity index is 688. The molecule has 3 aliphatic rings. The van der Waals surface area contributed by atoms with Crippen molar-refractivity contribution in [3.05, 3.63) is 0 Å². The summed E-state index contributed by atoms with van der Waals surface area (Å²) in [6.45, 7) is 8.63. The third-order valence-corrected chi connectivity index (χ3v) is 8.74. The molecule has 160 valence electrons. The highest BCUT2D eigenvalue weighted by atomic mass is 32.2. The molecule has 3 heterocycles. The molecule has 0 saturated carbocycles. The number of fused-ring (bicyclic) bond motifs is 1. The lowest BCUT2D eigenvalue weighted by molar-refractivity contribution is -0.134. The molecular weight excluding hydrogens is 378 g/mol. The number of hydrogen-bond donors (Lipinski definition) is 0. The van der Waals surface area contributed by atoms with Gasteiger partial charge in [-0.05, 0) is 52.6 Å². The molecule has 3 saturated heterocycles. The monoisotopic (exact) mass is 413 g/mol. The Kier molecular flexibility index (Phi) is 6.69. The van der Waals surface area contributed by atoms with E-state index in [-0.39, 0.29) is 17.9 Å². The van der Waals surface area contributed by atoms with Crippen LogP contribution in [0.5, 0.6) is 0 Å². The molecule has 0 bridgehead atoms. The number of likely N-dealkylation sites (tertiary alicyclic amines) is 2. The molecule has 0 aromatic heterocycles. The highest BCUT2D eigenvalue weighted by Crippen LogP contribution is 2.41. The van der Waals surface area contributed by atoms with Gasteiger partial charge in [-0.3, -0.25) is 9.59 Å². The first-order valence-corrected chi connectivity index (χ1v) is 12.4. The van der Waals surface area contributed by atoms with Crippen LogP contribution in [-0.2, 0) is 19.6 Å². The van der Waals surface area contributed by atoms with Crippen molar-refractivity contribution in [1.82, 2.24) is 14.1 Å². The second-order valence-electron chi connectivity index (χ2n) is 8.71. The molecule has 3 rings (SSSR count). The first kappa shape index (κ1) is 21.6. The van der Waals surface area contributed by atoms with E-state index in [1.807, 2.05) is 11.8 Å². The third-order valence-electron chi connectivity index (χ3n) is 6.55. The number of nitrogens with zero attached hydrogens (tertiary/aromatic N) is 3. The van der Waals surface area contributed by atoms with E-state index in [9.17, 15) is 18.0 Å². The Morgan fingerprint density at radius 2 is 1.82 bits per heavy atom. The number of amides is 2. The summed E-state index contributed by atoms with van der Waals surface area (Å²) in [6.07, 6.45) is 6.08. The van der Waals surface area contributed by atoms with Crippen molar-refractivity contribution < 1.29 is 18.0 Å². The van der Waals surface area contributed by atoms with Crippen molar-refractivity contribution in [2.45, 2.75) is 83.1 Å². The van der Waals surface area contributed by atoms with Crippen LogP contribution >= 0.6 is 0 Å². The van der Waals surface area contributed by atoms with Crippen molar-refractivity contribution in [2.24, 2.45) is 5.92 Å². The second-order valence-corrected chi connectivity index (χ2v) is 11.1. The van der Waals surface area contributed by atoms with Crippen LogP contribution in [0.3, 0.4) is 0 Å². The van der Waals surface area contributed by atoms with Crippen LogP contribution in [0.2, 0.25) is 0 Å². The standard InChI is InChI=1S/C20H35N3O4S/c1-4-8-16-19-17(23(20(16)25)28(26,27)15(2)3)9-14-22(19)18(24)10-13-21-11-6-5-7-12-21/h15-17,19H,4-14H2,1-3H3/t16-,17+,19-/m1/s1. The fourth-order valence-corrected chi connectivity index (χ4v) is 6.48. The lowest BCUT2D eigenvalue weighted by Crippen LogP contribution is -2.45. The molecule has 8 heteroatoms. The summed E-state index contributed by atoms with van der Waals surface area (Å²) in [5.41, 5.74) is 0. The minimum atomic E-state index is -3.67. The number of rotatable bonds is 7. The molecule has 0 spiro atoms. The van der Waals surface area contributed by atoms with Crippen LogP contribution < -0.4 is 0 Å². The minimum absolute atomic E-state index is 0.0655. The van der Waals surface area contributed by atoms with Crippen LogP contribution in [0, 0.1) is 5.92 Å². The summed E-state index contributed by atoms with van der Waals surface area (Å²) in [5.74, 6) is -0.639. The fraction of sp³-hybridized carbons (Fsp3) is 0.900. The number of hydrogen-bond acceptors (Lipinski definition) is 5. The van der Waals surface area contributed by atoms with Crippen molar-refractivity contribution in [1.29, 1.82) is 0 Å². The maximum Gasteiger partial charge on any atom is 0.241 e. The molecule has 0 N–H and O–H groups in total. The molecule has 2 amide bonds. The summed E-state index contributed by atoms with van der Waals surface area (Å²) in [5, 5.41) is -0.638. The van der Waals surface area contributed by atoms with Crippen molar-refractivity contribution in [3.8, 4) is 0 Å². The zero-order chi connectivity index (χ0) is 20.5. The zero-order valence-corrected chi connectivity index (χ0v) is 18.3. The van der Waals surface area contributed by atoms with E-state index in [4.69, 9.17) is 0 Å². The predicted octanol–water partition coefficient (Wildman–Crippen LogP) is 1.83. The summed E-state index contributed by atoms with van der Waals surface area (Å²) >= 11 is 0. The van der Waals surface area contributed by atoms with E-state index in [1.54, 1.807) is 13.8 Å². The smallest absolute Gasteiger partial charge is 0.241 e. The van der Waals surface area contributed by atoms with Gasteiger partial charge in [0.15, 0.2) is 0 Å². The summed E-state index contributed by atoms with van der Waals surface area (Å²) < 4.78 is 26.8. The van der Waals surface area contributed by atoms with Crippen LogP contribution in [0.15, 0.2) is 0 Å². The quantitative estimate of drug-likeness (QED) is 0.636. The number of piperidine rings is 1. The first-order chi connectivity index (χ1) is 13.3. The SMILES string of the molecule is CCC[C@H]1C(=O)N(S(=O)(=O)C(C)C)[C@H]2CCN(C(=O)CCN3CCCCC3)[C@H]12. The van der Waals surface area contributed by atoms with E-state index >= 15 is 0 Å². The van der Waals surface area contributed by atoms with Crippen LogP contribution in [-0.4, -0.2) is 77.8 Å². The normalized spacial score (nSPS) is 29.0.